The Bertz CT molecular complexity index is 959. The molecule has 0 spiro atoms. The second-order valence-electron chi connectivity index (χ2n) is 5.66. The van der Waals surface area contributed by atoms with Gasteiger partial charge in [-0.2, -0.15) is 4.31 Å². The maximum atomic E-state index is 14.3. The Kier molecular flexibility index (Phi) is 5.50. The van der Waals surface area contributed by atoms with E-state index in [9.17, 15) is 12.8 Å². The zero-order valence-corrected chi connectivity index (χ0v) is 16.3. The van der Waals surface area contributed by atoms with Crippen molar-refractivity contribution < 1.29 is 12.8 Å². The van der Waals surface area contributed by atoms with Gasteiger partial charge >= 0.3 is 0 Å². The minimum Gasteiger partial charge on any atom is -0.259 e. The van der Waals surface area contributed by atoms with E-state index in [0.717, 1.165) is 15.9 Å². The van der Waals surface area contributed by atoms with Crippen LogP contribution in [0, 0.1) is 5.82 Å². The van der Waals surface area contributed by atoms with Crippen LogP contribution in [0.3, 0.4) is 0 Å². The molecule has 0 bridgehead atoms. The molecule has 1 heterocycles. The zero-order valence-electron chi connectivity index (χ0n) is 13.9. The summed E-state index contributed by atoms with van der Waals surface area (Å²) >= 11 is 3.20. The lowest BCUT2D eigenvalue weighted by Gasteiger charge is -2.27. The van der Waals surface area contributed by atoms with E-state index in [1.807, 2.05) is 30.3 Å². The van der Waals surface area contributed by atoms with E-state index < -0.39 is 21.9 Å². The number of pyridine rings is 1. The summed E-state index contributed by atoms with van der Waals surface area (Å²) in [5, 5.41) is 0. The molecular formula is C19H16BrFN2O2S. The molecule has 7 heteroatoms. The molecule has 2 aromatic carbocycles. The zero-order chi connectivity index (χ0) is 18.7. The van der Waals surface area contributed by atoms with E-state index in [4.69, 9.17) is 0 Å². The van der Waals surface area contributed by atoms with Gasteiger partial charge in [0, 0.05) is 17.7 Å². The smallest absolute Gasteiger partial charge is 0.246 e. The summed E-state index contributed by atoms with van der Waals surface area (Å²) in [4.78, 5) is 3.93. The molecule has 134 valence electrons. The van der Waals surface area contributed by atoms with Crippen molar-refractivity contribution in [3.63, 3.8) is 0 Å². The Hall–Kier alpha value is -2.09. The van der Waals surface area contributed by atoms with E-state index in [2.05, 4.69) is 20.9 Å². The molecule has 0 radical (unpaired) electrons. The minimum atomic E-state index is -4.10. The highest BCUT2D eigenvalue weighted by molar-refractivity contribution is 9.10. The standard InChI is InChI=1S/C19H16BrFN2O2S/c1-23(26(24,25)18-13-15(20)10-11-16(18)21)19(14-7-3-2-4-8-14)17-9-5-6-12-22-17/h2-13,19H,1H3. The largest absolute Gasteiger partial charge is 0.259 e. The van der Waals surface area contributed by atoms with Gasteiger partial charge in [-0.1, -0.05) is 52.3 Å². The van der Waals surface area contributed by atoms with Gasteiger partial charge in [0.15, 0.2) is 0 Å². The van der Waals surface area contributed by atoms with Crippen LogP contribution in [0.1, 0.15) is 17.3 Å². The van der Waals surface area contributed by atoms with Crippen molar-refractivity contribution in [2.24, 2.45) is 0 Å². The highest BCUT2D eigenvalue weighted by Gasteiger charge is 2.33. The van der Waals surface area contributed by atoms with Crippen LogP contribution in [0.25, 0.3) is 0 Å². The lowest BCUT2D eigenvalue weighted by Crippen LogP contribution is -2.33. The van der Waals surface area contributed by atoms with Crippen LogP contribution in [0.5, 0.6) is 0 Å². The van der Waals surface area contributed by atoms with Crippen molar-refractivity contribution in [2.45, 2.75) is 10.9 Å². The second-order valence-corrected chi connectivity index (χ2v) is 8.55. The first-order chi connectivity index (χ1) is 12.4. The second kappa shape index (κ2) is 7.65. The van der Waals surface area contributed by atoms with Crippen LogP contribution >= 0.6 is 15.9 Å². The fourth-order valence-electron chi connectivity index (χ4n) is 2.71. The van der Waals surface area contributed by atoms with E-state index in [0.29, 0.717) is 10.2 Å². The van der Waals surface area contributed by atoms with E-state index >= 15 is 0 Å². The number of sulfonamides is 1. The van der Waals surface area contributed by atoms with Crippen molar-refractivity contribution in [1.29, 1.82) is 0 Å². The van der Waals surface area contributed by atoms with Crippen LogP contribution in [0.15, 0.2) is 82.3 Å². The first-order valence-electron chi connectivity index (χ1n) is 7.80. The summed E-state index contributed by atoms with van der Waals surface area (Å²) in [6.45, 7) is 0. The van der Waals surface area contributed by atoms with Gasteiger partial charge in [0.1, 0.15) is 10.7 Å². The fraction of sp³-hybridized carbons (Fsp3) is 0.105. The summed E-state index contributed by atoms with van der Waals surface area (Å²) in [6.07, 6.45) is 1.60. The lowest BCUT2D eigenvalue weighted by atomic mass is 10.0. The maximum Gasteiger partial charge on any atom is 0.246 e. The number of aromatic nitrogens is 1. The number of rotatable bonds is 5. The van der Waals surface area contributed by atoms with Gasteiger partial charge in [0.05, 0.1) is 11.7 Å². The maximum absolute atomic E-state index is 14.3. The van der Waals surface area contributed by atoms with E-state index in [1.54, 1.807) is 24.4 Å². The van der Waals surface area contributed by atoms with Gasteiger partial charge < -0.3 is 0 Å². The number of benzene rings is 2. The Morgan fingerprint density at radius 2 is 1.73 bits per heavy atom. The van der Waals surface area contributed by atoms with Crippen molar-refractivity contribution in [2.75, 3.05) is 7.05 Å². The summed E-state index contributed by atoms with van der Waals surface area (Å²) < 4.78 is 42.1. The molecule has 0 saturated carbocycles. The molecule has 0 amide bonds. The van der Waals surface area contributed by atoms with Crippen LogP contribution < -0.4 is 0 Å². The SMILES string of the molecule is CN(C(c1ccccc1)c1ccccn1)S(=O)(=O)c1cc(Br)ccc1F. The van der Waals surface area contributed by atoms with E-state index in [1.165, 1.54) is 19.2 Å². The van der Waals surface area contributed by atoms with Crippen LogP contribution in [-0.4, -0.2) is 24.8 Å². The molecular weight excluding hydrogens is 419 g/mol. The first-order valence-corrected chi connectivity index (χ1v) is 10.0. The Morgan fingerprint density at radius 3 is 2.38 bits per heavy atom. The monoisotopic (exact) mass is 434 g/mol. The van der Waals surface area contributed by atoms with Crippen LogP contribution in [0.2, 0.25) is 0 Å². The molecule has 3 rings (SSSR count). The Labute approximate surface area is 160 Å². The fourth-order valence-corrected chi connectivity index (χ4v) is 4.63. The van der Waals surface area contributed by atoms with Gasteiger partial charge in [0.2, 0.25) is 10.0 Å². The summed E-state index contributed by atoms with van der Waals surface area (Å²) in [5.41, 5.74) is 1.30. The summed E-state index contributed by atoms with van der Waals surface area (Å²) in [6, 6.07) is 17.6. The molecule has 1 atom stereocenters. The molecule has 4 nitrogen and oxygen atoms in total. The van der Waals surface area contributed by atoms with Gasteiger partial charge in [-0.05, 0) is 35.9 Å². The average molecular weight is 435 g/mol. The quantitative estimate of drug-likeness (QED) is 0.597. The van der Waals surface area contributed by atoms with Crippen LogP contribution in [0.4, 0.5) is 4.39 Å². The summed E-state index contributed by atoms with van der Waals surface area (Å²) in [7, 11) is -2.67. The third-order valence-corrected chi connectivity index (χ3v) is 6.33. The highest BCUT2D eigenvalue weighted by atomic mass is 79.9. The first kappa shape index (κ1) is 18.7. The highest BCUT2D eigenvalue weighted by Crippen LogP contribution is 2.32. The number of hydrogen-bond donors (Lipinski definition) is 0. The molecule has 0 saturated heterocycles. The van der Waals surface area contributed by atoms with Crippen molar-refractivity contribution in [3.05, 3.63) is 94.5 Å². The number of halogens is 2. The molecule has 0 aliphatic carbocycles. The predicted octanol–water partition coefficient (Wildman–Crippen LogP) is 4.39. The molecule has 0 aliphatic rings. The topological polar surface area (TPSA) is 50.3 Å². The molecule has 1 unspecified atom stereocenters. The van der Waals surface area contributed by atoms with E-state index in [-0.39, 0.29) is 4.90 Å². The average Bonchev–Trinajstić information content (AvgIpc) is 2.65. The Balaban J connectivity index is 2.14. The normalized spacial score (nSPS) is 12.9. The van der Waals surface area contributed by atoms with Gasteiger partial charge in [-0.15, -0.1) is 0 Å². The van der Waals surface area contributed by atoms with Crippen molar-refractivity contribution in [1.82, 2.24) is 9.29 Å². The van der Waals surface area contributed by atoms with Crippen LogP contribution in [-0.2, 0) is 10.0 Å². The van der Waals surface area contributed by atoms with Gasteiger partial charge in [-0.3, -0.25) is 4.98 Å². The molecule has 3 aromatic rings. The third-order valence-electron chi connectivity index (χ3n) is 4.00. The van der Waals surface area contributed by atoms with Crippen molar-refractivity contribution >= 4 is 26.0 Å². The van der Waals surface area contributed by atoms with Gasteiger partial charge in [0.25, 0.3) is 0 Å². The predicted molar refractivity (Wildman–Crippen MR) is 102 cm³/mol. The summed E-state index contributed by atoms with van der Waals surface area (Å²) in [5.74, 6) is -0.798. The van der Waals surface area contributed by atoms with Crippen molar-refractivity contribution in [3.8, 4) is 0 Å². The minimum absolute atomic E-state index is 0.383. The van der Waals surface area contributed by atoms with Gasteiger partial charge in [-0.25, -0.2) is 12.8 Å². The molecule has 0 aliphatic heterocycles. The molecule has 26 heavy (non-hydrogen) atoms. The molecule has 0 N–H and O–H groups in total. The molecule has 1 aromatic heterocycles. The molecule has 0 fully saturated rings. The Morgan fingerprint density at radius 1 is 1.04 bits per heavy atom. The number of nitrogens with zero attached hydrogens (tertiary/aromatic N) is 2. The number of hydrogen-bond acceptors (Lipinski definition) is 3. The lowest BCUT2D eigenvalue weighted by molar-refractivity contribution is 0.408. The third kappa shape index (κ3) is 3.70.